The summed E-state index contributed by atoms with van der Waals surface area (Å²) in [5, 5.41) is 7.58. The van der Waals surface area contributed by atoms with E-state index in [2.05, 4.69) is 6.58 Å². The van der Waals surface area contributed by atoms with Crippen molar-refractivity contribution < 1.29 is 28.9 Å². The molecule has 0 rings (SSSR count). The standard InChI is InChI=1S/C4H10O6P2/c1-3(5)11(6,7)4(2)12(8,9)10/h3,5H,2H2,1H3,(H,6,7)(H2,8,9,10). The highest BCUT2D eigenvalue weighted by atomic mass is 31.2. The fourth-order valence-electron chi connectivity index (χ4n) is 0.402. The van der Waals surface area contributed by atoms with Crippen LogP contribution < -0.4 is 0 Å². The average Bonchev–Trinajstić information content (AvgIpc) is 1.83. The number of hydrogen-bond acceptors (Lipinski definition) is 3. The Morgan fingerprint density at radius 3 is 1.75 bits per heavy atom. The van der Waals surface area contributed by atoms with Gasteiger partial charge in [-0.15, -0.1) is 0 Å². The first-order valence-corrected chi connectivity index (χ1v) is 6.20. The van der Waals surface area contributed by atoms with Crippen molar-refractivity contribution >= 4 is 15.0 Å². The third-order valence-corrected chi connectivity index (χ3v) is 5.28. The first-order valence-electron chi connectivity index (χ1n) is 2.86. The Labute approximate surface area is 69.2 Å². The molecule has 0 aliphatic heterocycles. The predicted molar refractivity (Wildman–Crippen MR) is 42.7 cm³/mol. The fourth-order valence-corrected chi connectivity index (χ4v) is 2.83. The van der Waals surface area contributed by atoms with Gasteiger partial charge in [-0.1, -0.05) is 6.58 Å². The monoisotopic (exact) mass is 216 g/mol. The largest absolute Gasteiger partial charge is 0.383 e. The predicted octanol–water partition coefficient (Wildman–Crippen LogP) is 0.244. The van der Waals surface area contributed by atoms with Crippen molar-refractivity contribution in [3.63, 3.8) is 0 Å². The Bertz CT molecular complexity index is 275. The summed E-state index contributed by atoms with van der Waals surface area (Å²) in [5.41, 5.74) is 0. The maximum atomic E-state index is 11.0. The van der Waals surface area contributed by atoms with Gasteiger partial charge >= 0.3 is 7.60 Å². The van der Waals surface area contributed by atoms with Gasteiger partial charge in [-0.2, -0.15) is 0 Å². The molecule has 2 atom stereocenters. The van der Waals surface area contributed by atoms with Crippen molar-refractivity contribution in [3.05, 3.63) is 11.6 Å². The van der Waals surface area contributed by atoms with Gasteiger partial charge in [-0.3, -0.25) is 9.13 Å². The van der Waals surface area contributed by atoms with E-state index >= 15 is 0 Å². The zero-order chi connectivity index (χ0) is 10.2. The molecule has 0 saturated heterocycles. The van der Waals surface area contributed by atoms with E-state index in [1.807, 2.05) is 0 Å². The van der Waals surface area contributed by atoms with E-state index in [0.717, 1.165) is 6.92 Å². The Morgan fingerprint density at radius 2 is 1.67 bits per heavy atom. The SMILES string of the molecule is C=C(P(=O)(O)O)P(=O)(O)C(C)O. The molecular weight excluding hydrogens is 206 g/mol. The van der Waals surface area contributed by atoms with Crippen LogP contribution in [0.1, 0.15) is 6.92 Å². The van der Waals surface area contributed by atoms with Crippen molar-refractivity contribution in [2.24, 2.45) is 0 Å². The maximum absolute atomic E-state index is 11.0. The van der Waals surface area contributed by atoms with Crippen LogP contribution in [-0.4, -0.2) is 25.6 Å². The summed E-state index contributed by atoms with van der Waals surface area (Å²) in [7, 11) is -9.18. The molecule has 0 aromatic carbocycles. The normalized spacial score (nSPS) is 19.8. The third-order valence-electron chi connectivity index (χ3n) is 1.21. The number of hydrogen-bond donors (Lipinski definition) is 4. The topological polar surface area (TPSA) is 115 Å². The van der Waals surface area contributed by atoms with Crippen LogP contribution in [-0.2, 0) is 9.13 Å². The summed E-state index contributed by atoms with van der Waals surface area (Å²) in [6.07, 6.45) is 0. The van der Waals surface area contributed by atoms with E-state index in [1.165, 1.54) is 0 Å². The molecule has 12 heavy (non-hydrogen) atoms. The van der Waals surface area contributed by atoms with Gasteiger partial charge in [0.1, 0.15) is 10.9 Å². The van der Waals surface area contributed by atoms with Gasteiger partial charge in [-0.25, -0.2) is 0 Å². The van der Waals surface area contributed by atoms with E-state index < -0.39 is 25.9 Å². The van der Waals surface area contributed by atoms with Gasteiger partial charge in [0.2, 0.25) is 0 Å². The molecule has 2 unspecified atom stereocenters. The van der Waals surface area contributed by atoms with Crippen LogP contribution in [0.25, 0.3) is 0 Å². The second kappa shape index (κ2) is 3.42. The zero-order valence-electron chi connectivity index (χ0n) is 6.28. The molecule has 0 spiro atoms. The quantitative estimate of drug-likeness (QED) is 0.502. The first kappa shape index (κ1) is 12.0. The van der Waals surface area contributed by atoms with Crippen molar-refractivity contribution in [1.29, 1.82) is 0 Å². The molecule has 0 aromatic rings. The van der Waals surface area contributed by atoms with Crippen molar-refractivity contribution in [1.82, 2.24) is 0 Å². The lowest BCUT2D eigenvalue weighted by atomic mass is 10.9. The van der Waals surface area contributed by atoms with Gasteiger partial charge in [-0.05, 0) is 6.92 Å². The highest BCUT2D eigenvalue weighted by Crippen LogP contribution is 2.66. The second-order valence-corrected chi connectivity index (χ2v) is 6.73. The Morgan fingerprint density at radius 1 is 1.33 bits per heavy atom. The second-order valence-electron chi connectivity index (χ2n) is 2.22. The minimum Gasteiger partial charge on any atom is -0.383 e. The summed E-state index contributed by atoms with van der Waals surface area (Å²) in [6.45, 7) is 3.74. The highest BCUT2D eigenvalue weighted by molar-refractivity contribution is 7.80. The Hall–Kier alpha value is 0.0400. The number of rotatable bonds is 3. The smallest absolute Gasteiger partial charge is 0.361 e. The van der Waals surface area contributed by atoms with E-state index in [1.54, 1.807) is 0 Å². The van der Waals surface area contributed by atoms with Crippen LogP contribution in [0.4, 0.5) is 0 Å². The molecule has 72 valence electrons. The van der Waals surface area contributed by atoms with Crippen molar-refractivity contribution in [3.8, 4) is 0 Å². The van der Waals surface area contributed by atoms with Gasteiger partial charge < -0.3 is 19.8 Å². The molecule has 8 heteroatoms. The third kappa shape index (κ3) is 2.52. The van der Waals surface area contributed by atoms with E-state index in [4.69, 9.17) is 19.8 Å². The maximum Gasteiger partial charge on any atom is 0.361 e. The lowest BCUT2D eigenvalue weighted by Crippen LogP contribution is -2.03. The first-order chi connectivity index (χ1) is 5.10. The molecular formula is C4H10O6P2. The number of aliphatic hydroxyl groups is 1. The van der Waals surface area contributed by atoms with E-state index in [-0.39, 0.29) is 0 Å². The molecule has 0 bridgehead atoms. The fraction of sp³-hybridized carbons (Fsp3) is 0.500. The summed E-state index contributed by atoms with van der Waals surface area (Å²) < 4.78 is 21.4. The molecule has 0 saturated carbocycles. The van der Waals surface area contributed by atoms with Crippen molar-refractivity contribution in [2.45, 2.75) is 12.8 Å². The van der Waals surface area contributed by atoms with Crippen LogP contribution in [0.5, 0.6) is 0 Å². The van der Waals surface area contributed by atoms with Gasteiger partial charge in [0, 0.05) is 0 Å². The lowest BCUT2D eigenvalue weighted by Gasteiger charge is -2.17. The molecule has 0 aliphatic carbocycles. The molecule has 0 fully saturated rings. The molecule has 6 nitrogen and oxygen atoms in total. The van der Waals surface area contributed by atoms with Gasteiger partial charge in [0.05, 0.1) is 0 Å². The molecule has 0 amide bonds. The van der Waals surface area contributed by atoms with Crippen LogP contribution in [0.3, 0.4) is 0 Å². The van der Waals surface area contributed by atoms with E-state index in [9.17, 15) is 9.13 Å². The van der Waals surface area contributed by atoms with Gasteiger partial charge in [0.15, 0.2) is 0 Å². The molecule has 0 heterocycles. The summed E-state index contributed by atoms with van der Waals surface area (Å²) in [5.74, 6) is -1.72. The molecule has 0 aliphatic rings. The Kier molecular flexibility index (Phi) is 3.43. The molecule has 0 aromatic heterocycles. The summed E-state index contributed by atoms with van der Waals surface area (Å²) in [6, 6.07) is 0. The highest BCUT2D eigenvalue weighted by Gasteiger charge is 2.39. The van der Waals surface area contributed by atoms with Crippen LogP contribution >= 0.6 is 15.0 Å². The minimum absolute atomic E-state index is 0.960. The lowest BCUT2D eigenvalue weighted by molar-refractivity contribution is 0.250. The molecule has 4 N–H and O–H groups in total. The van der Waals surface area contributed by atoms with Crippen LogP contribution in [0.15, 0.2) is 11.6 Å². The average molecular weight is 216 g/mol. The Balaban J connectivity index is 4.98. The van der Waals surface area contributed by atoms with Crippen molar-refractivity contribution in [2.75, 3.05) is 0 Å². The molecule has 0 radical (unpaired) electrons. The van der Waals surface area contributed by atoms with Crippen LogP contribution in [0, 0.1) is 0 Å². The minimum atomic E-state index is -4.80. The van der Waals surface area contributed by atoms with Crippen LogP contribution in [0.2, 0.25) is 0 Å². The summed E-state index contributed by atoms with van der Waals surface area (Å²) in [4.78, 5) is 25.8. The van der Waals surface area contributed by atoms with Gasteiger partial charge in [0.25, 0.3) is 7.37 Å². The summed E-state index contributed by atoms with van der Waals surface area (Å²) >= 11 is 0. The van der Waals surface area contributed by atoms with E-state index in [0.29, 0.717) is 0 Å². The zero-order valence-corrected chi connectivity index (χ0v) is 8.07. The number of aliphatic hydroxyl groups excluding tert-OH is 1.